The van der Waals surface area contributed by atoms with E-state index < -0.39 is 0 Å². The second-order valence-corrected chi connectivity index (χ2v) is 8.06. The zero-order chi connectivity index (χ0) is 19.2. The average molecular weight is 362 g/mol. The van der Waals surface area contributed by atoms with Crippen molar-refractivity contribution in [3.05, 3.63) is 35.9 Å². The van der Waals surface area contributed by atoms with Crippen molar-refractivity contribution in [3.63, 3.8) is 0 Å². The van der Waals surface area contributed by atoms with E-state index in [-0.39, 0.29) is 6.10 Å². The Bertz CT molecular complexity index is 427. The Morgan fingerprint density at radius 3 is 2.15 bits per heavy atom. The molecule has 0 amide bonds. The lowest BCUT2D eigenvalue weighted by molar-refractivity contribution is 0.173. The first kappa shape index (κ1) is 23.2. The van der Waals surface area contributed by atoms with Crippen LogP contribution in [-0.4, -0.2) is 17.2 Å². The molecule has 0 radical (unpaired) electrons. The highest BCUT2D eigenvalue weighted by Crippen LogP contribution is 2.21. The van der Waals surface area contributed by atoms with Gasteiger partial charge in [-0.2, -0.15) is 0 Å². The van der Waals surface area contributed by atoms with Gasteiger partial charge in [0.1, 0.15) is 0 Å². The molecule has 2 nitrogen and oxygen atoms in total. The lowest BCUT2D eigenvalue weighted by atomic mass is 9.96. The summed E-state index contributed by atoms with van der Waals surface area (Å²) in [7, 11) is 0. The van der Waals surface area contributed by atoms with Crippen LogP contribution in [0, 0.1) is 5.92 Å². The molecule has 0 saturated heterocycles. The fraction of sp³-hybridized carbons (Fsp3) is 0.750. The lowest BCUT2D eigenvalue weighted by Crippen LogP contribution is -2.36. The van der Waals surface area contributed by atoms with E-state index >= 15 is 0 Å². The minimum absolute atomic E-state index is 0.291. The monoisotopic (exact) mass is 361 g/mol. The minimum Gasteiger partial charge on any atom is -0.388 e. The van der Waals surface area contributed by atoms with Crippen LogP contribution in [0.25, 0.3) is 0 Å². The molecule has 1 aromatic rings. The van der Waals surface area contributed by atoms with E-state index in [0.717, 1.165) is 30.0 Å². The number of aliphatic hydroxyl groups is 1. The Labute approximate surface area is 162 Å². The number of aliphatic hydroxyl groups excluding tert-OH is 1. The Balaban J connectivity index is 0.000000289. The second-order valence-electron chi connectivity index (χ2n) is 8.06. The molecular weight excluding hydrogens is 318 g/mol. The quantitative estimate of drug-likeness (QED) is 0.489. The summed E-state index contributed by atoms with van der Waals surface area (Å²) in [5, 5.41) is 13.2. The molecule has 26 heavy (non-hydrogen) atoms. The van der Waals surface area contributed by atoms with Crippen LogP contribution in [-0.2, 0) is 0 Å². The number of nitrogens with one attached hydrogen (secondary N) is 1. The number of hydrogen-bond acceptors (Lipinski definition) is 2. The number of hydrogen-bond donors (Lipinski definition) is 2. The fourth-order valence-corrected chi connectivity index (χ4v) is 3.69. The highest BCUT2D eigenvalue weighted by atomic mass is 16.3. The third kappa shape index (κ3) is 9.73. The van der Waals surface area contributed by atoms with Crippen LogP contribution in [0.3, 0.4) is 0 Å². The predicted octanol–water partition coefficient (Wildman–Crippen LogP) is 6.64. The molecule has 0 aliphatic heterocycles. The summed E-state index contributed by atoms with van der Waals surface area (Å²) in [6.07, 6.45) is 13.0. The van der Waals surface area contributed by atoms with Gasteiger partial charge in [0.2, 0.25) is 0 Å². The molecule has 1 fully saturated rings. The van der Waals surface area contributed by atoms with Crippen LogP contribution < -0.4 is 5.32 Å². The molecule has 150 valence electrons. The van der Waals surface area contributed by atoms with E-state index in [9.17, 15) is 5.11 Å². The maximum atomic E-state index is 9.33. The van der Waals surface area contributed by atoms with Gasteiger partial charge in [0.05, 0.1) is 6.10 Å². The molecule has 2 unspecified atom stereocenters. The molecule has 1 saturated carbocycles. The van der Waals surface area contributed by atoms with Crippen LogP contribution in [0.2, 0.25) is 0 Å². The van der Waals surface area contributed by atoms with E-state index in [2.05, 4.69) is 26.1 Å². The van der Waals surface area contributed by atoms with Crippen LogP contribution in [0.15, 0.2) is 30.3 Å². The van der Waals surface area contributed by atoms with Crippen molar-refractivity contribution in [1.82, 2.24) is 5.32 Å². The molecule has 2 rings (SSSR count). The van der Waals surface area contributed by atoms with E-state index in [1.807, 2.05) is 37.3 Å². The Morgan fingerprint density at radius 2 is 1.62 bits per heavy atom. The van der Waals surface area contributed by atoms with E-state index in [1.54, 1.807) is 0 Å². The summed E-state index contributed by atoms with van der Waals surface area (Å²) in [6.45, 7) is 8.98. The molecule has 0 aromatic heterocycles. The molecule has 1 aliphatic rings. The molecule has 3 atom stereocenters. The first-order valence-electron chi connectivity index (χ1n) is 11.1. The fourth-order valence-electron chi connectivity index (χ4n) is 3.69. The summed E-state index contributed by atoms with van der Waals surface area (Å²) in [4.78, 5) is 0. The minimum atomic E-state index is -0.291. The Kier molecular flexibility index (Phi) is 12.7. The summed E-state index contributed by atoms with van der Waals surface area (Å²) in [5.74, 6) is 0.907. The van der Waals surface area contributed by atoms with Crippen molar-refractivity contribution in [3.8, 4) is 0 Å². The van der Waals surface area contributed by atoms with Gasteiger partial charge >= 0.3 is 0 Å². The first-order valence-corrected chi connectivity index (χ1v) is 11.1. The zero-order valence-corrected chi connectivity index (χ0v) is 17.7. The number of benzene rings is 1. The van der Waals surface area contributed by atoms with Gasteiger partial charge in [-0.25, -0.2) is 0 Å². The summed E-state index contributed by atoms with van der Waals surface area (Å²) in [5.41, 5.74) is 1.00. The van der Waals surface area contributed by atoms with Crippen molar-refractivity contribution >= 4 is 0 Å². The predicted molar refractivity (Wildman–Crippen MR) is 114 cm³/mol. The summed E-state index contributed by atoms with van der Waals surface area (Å²) in [6, 6.07) is 11.3. The Morgan fingerprint density at radius 1 is 0.962 bits per heavy atom. The van der Waals surface area contributed by atoms with Gasteiger partial charge in [0.25, 0.3) is 0 Å². The van der Waals surface area contributed by atoms with Crippen LogP contribution in [0.5, 0.6) is 0 Å². The highest BCUT2D eigenvalue weighted by Gasteiger charge is 2.18. The molecule has 0 spiro atoms. The van der Waals surface area contributed by atoms with Crippen LogP contribution in [0.4, 0.5) is 0 Å². The summed E-state index contributed by atoms with van der Waals surface area (Å²) < 4.78 is 0. The lowest BCUT2D eigenvalue weighted by Gasteiger charge is -2.23. The van der Waals surface area contributed by atoms with Crippen LogP contribution >= 0.6 is 0 Å². The molecule has 2 heteroatoms. The van der Waals surface area contributed by atoms with E-state index in [1.165, 1.54) is 57.8 Å². The van der Waals surface area contributed by atoms with E-state index in [0.29, 0.717) is 0 Å². The maximum Gasteiger partial charge on any atom is 0.0787 e. The molecule has 0 bridgehead atoms. The van der Waals surface area contributed by atoms with Gasteiger partial charge in [-0.3, -0.25) is 0 Å². The first-order chi connectivity index (χ1) is 12.6. The number of rotatable bonds is 10. The normalized spacial score (nSPS) is 18.0. The van der Waals surface area contributed by atoms with Crippen molar-refractivity contribution in [2.24, 2.45) is 5.92 Å². The van der Waals surface area contributed by atoms with Crippen molar-refractivity contribution < 1.29 is 5.11 Å². The third-order valence-electron chi connectivity index (χ3n) is 5.74. The van der Waals surface area contributed by atoms with Gasteiger partial charge in [-0.15, -0.1) is 0 Å². The van der Waals surface area contributed by atoms with Crippen molar-refractivity contribution in [2.75, 3.05) is 0 Å². The van der Waals surface area contributed by atoms with Gasteiger partial charge in [0, 0.05) is 12.1 Å². The summed E-state index contributed by atoms with van der Waals surface area (Å²) >= 11 is 0. The van der Waals surface area contributed by atoms with Crippen molar-refractivity contribution in [1.29, 1.82) is 0 Å². The maximum absolute atomic E-state index is 9.33. The SMILES string of the molecule is CCC(O)c1ccccc1.CCCC(CC[C@H](C)CC)NC1CCCC1. The standard InChI is InChI=1S/C15H31N.C9H12O/c1-4-8-14(12-11-13(3)5-2)16-15-9-6-7-10-15;1-2-9(10)8-6-4-3-5-7-8/h13-16H,4-12H2,1-3H3;3-7,9-10H,2H2,1H3/t13-,14?;/m1./s1. The average Bonchev–Trinajstić information content (AvgIpc) is 3.19. The second kappa shape index (κ2) is 14.2. The molecule has 0 heterocycles. The van der Waals surface area contributed by atoms with E-state index in [4.69, 9.17) is 0 Å². The van der Waals surface area contributed by atoms with Crippen LogP contribution in [0.1, 0.15) is 104 Å². The Hall–Kier alpha value is -0.860. The van der Waals surface area contributed by atoms with Gasteiger partial charge < -0.3 is 10.4 Å². The molecule has 2 N–H and O–H groups in total. The molecular formula is C24H43NO. The topological polar surface area (TPSA) is 32.3 Å². The zero-order valence-electron chi connectivity index (χ0n) is 17.7. The third-order valence-corrected chi connectivity index (χ3v) is 5.74. The largest absolute Gasteiger partial charge is 0.388 e. The van der Waals surface area contributed by atoms with Gasteiger partial charge in [0.15, 0.2) is 0 Å². The smallest absolute Gasteiger partial charge is 0.0787 e. The molecule has 1 aliphatic carbocycles. The van der Waals surface area contributed by atoms with Gasteiger partial charge in [-0.1, -0.05) is 83.7 Å². The van der Waals surface area contributed by atoms with Gasteiger partial charge in [-0.05, 0) is 50.0 Å². The highest BCUT2D eigenvalue weighted by molar-refractivity contribution is 5.16. The van der Waals surface area contributed by atoms with Crippen molar-refractivity contribution in [2.45, 2.75) is 110 Å². The molecule has 1 aromatic carbocycles.